The Kier molecular flexibility index (Phi) is 7.36. The largest absolute Gasteiger partial charge is 0.329 e. The van der Waals surface area contributed by atoms with Crippen molar-refractivity contribution in [2.24, 2.45) is 0 Å². The molecule has 0 aliphatic carbocycles. The number of hydrogen-bond acceptors (Lipinski definition) is 3. The Morgan fingerprint density at radius 1 is 0.971 bits per heavy atom. The van der Waals surface area contributed by atoms with Crippen LogP contribution in [0, 0.1) is 5.82 Å². The Morgan fingerprint density at radius 3 is 2.31 bits per heavy atom. The maximum atomic E-state index is 13.4. The number of rotatable bonds is 8. The first-order valence-corrected chi connectivity index (χ1v) is 12.5. The van der Waals surface area contributed by atoms with Gasteiger partial charge in [0.15, 0.2) is 0 Å². The molecule has 35 heavy (non-hydrogen) atoms. The summed E-state index contributed by atoms with van der Waals surface area (Å²) in [6, 6.07) is 22.1. The number of carbonyl (C=O) groups is 1. The standard InChI is InChI=1S/C26H23FN3O4P/c27-23-11-8-21(9-12-23)26-22(17-30(29-26)16-19-4-2-1-3-5-19)10-15-25(31)28-24-13-6-20(7-14-24)18-35(32,33)34/h1-15,17H,16,18H2,(H,28,31)(H2,32,33,34). The normalized spacial score (nSPS) is 11.6. The molecule has 0 unspecified atom stereocenters. The number of anilines is 1. The third-order valence-corrected chi connectivity index (χ3v) is 5.90. The highest BCUT2D eigenvalue weighted by Gasteiger charge is 2.14. The van der Waals surface area contributed by atoms with Crippen molar-refractivity contribution in [3.8, 4) is 11.3 Å². The summed E-state index contributed by atoms with van der Waals surface area (Å²) in [5.74, 6) is -0.727. The molecular formula is C26H23FN3O4P. The van der Waals surface area contributed by atoms with Crippen molar-refractivity contribution in [1.29, 1.82) is 0 Å². The zero-order chi connectivity index (χ0) is 24.8. The van der Waals surface area contributed by atoms with Crippen molar-refractivity contribution < 1.29 is 23.5 Å². The number of amides is 1. The summed E-state index contributed by atoms with van der Waals surface area (Å²) in [6.45, 7) is 0.538. The molecule has 0 spiro atoms. The average Bonchev–Trinajstić information content (AvgIpc) is 3.22. The van der Waals surface area contributed by atoms with Crippen LogP contribution in [-0.4, -0.2) is 25.5 Å². The summed E-state index contributed by atoms with van der Waals surface area (Å²) in [6.07, 6.45) is 4.48. The fourth-order valence-electron chi connectivity index (χ4n) is 3.52. The number of carbonyl (C=O) groups excluding carboxylic acids is 1. The van der Waals surface area contributed by atoms with Gasteiger partial charge in [0.05, 0.1) is 18.4 Å². The molecule has 3 N–H and O–H groups in total. The molecule has 0 saturated carbocycles. The zero-order valence-corrected chi connectivity index (χ0v) is 19.5. The highest BCUT2D eigenvalue weighted by molar-refractivity contribution is 7.50. The molecule has 0 fully saturated rings. The van der Waals surface area contributed by atoms with E-state index in [1.807, 2.05) is 36.5 Å². The van der Waals surface area contributed by atoms with E-state index in [0.29, 0.717) is 29.1 Å². The first kappa shape index (κ1) is 24.3. The second kappa shape index (κ2) is 10.6. The fraction of sp³-hybridized carbons (Fsp3) is 0.0769. The smallest absolute Gasteiger partial charge is 0.324 e. The van der Waals surface area contributed by atoms with Gasteiger partial charge in [-0.3, -0.25) is 14.0 Å². The summed E-state index contributed by atoms with van der Waals surface area (Å²) in [5, 5.41) is 7.37. The monoisotopic (exact) mass is 491 g/mol. The minimum absolute atomic E-state index is 0.347. The molecule has 0 bridgehead atoms. The van der Waals surface area contributed by atoms with E-state index >= 15 is 0 Å². The van der Waals surface area contributed by atoms with E-state index in [-0.39, 0.29) is 17.9 Å². The Balaban J connectivity index is 1.52. The number of nitrogens with zero attached hydrogens (tertiary/aromatic N) is 2. The SMILES string of the molecule is O=C(C=Cc1cn(Cc2ccccc2)nc1-c1ccc(F)cc1)Nc1ccc(CP(=O)(O)O)cc1. The van der Waals surface area contributed by atoms with Crippen molar-refractivity contribution in [2.45, 2.75) is 12.7 Å². The van der Waals surface area contributed by atoms with Crippen LogP contribution < -0.4 is 5.32 Å². The van der Waals surface area contributed by atoms with E-state index in [9.17, 15) is 13.8 Å². The van der Waals surface area contributed by atoms with Gasteiger partial charge in [0.1, 0.15) is 5.82 Å². The maximum Gasteiger partial charge on any atom is 0.329 e. The molecule has 9 heteroatoms. The van der Waals surface area contributed by atoms with Crippen LogP contribution in [0.4, 0.5) is 10.1 Å². The quantitative estimate of drug-likeness (QED) is 0.236. The van der Waals surface area contributed by atoms with Gasteiger partial charge in [0.2, 0.25) is 5.91 Å². The summed E-state index contributed by atoms with van der Waals surface area (Å²) in [4.78, 5) is 30.6. The van der Waals surface area contributed by atoms with Crippen LogP contribution in [0.5, 0.6) is 0 Å². The summed E-state index contributed by atoms with van der Waals surface area (Å²) in [5.41, 5.74) is 4.07. The van der Waals surface area contributed by atoms with E-state index in [4.69, 9.17) is 9.79 Å². The minimum Gasteiger partial charge on any atom is -0.324 e. The molecule has 0 aliphatic rings. The predicted octanol–water partition coefficient (Wildman–Crippen LogP) is 5.07. The van der Waals surface area contributed by atoms with Gasteiger partial charge in [0.25, 0.3) is 0 Å². The maximum absolute atomic E-state index is 13.4. The highest BCUT2D eigenvalue weighted by atomic mass is 31.2. The van der Waals surface area contributed by atoms with Crippen LogP contribution in [0.25, 0.3) is 17.3 Å². The molecule has 7 nitrogen and oxygen atoms in total. The lowest BCUT2D eigenvalue weighted by Gasteiger charge is -2.06. The van der Waals surface area contributed by atoms with Gasteiger partial charge in [-0.05, 0) is 53.6 Å². The molecule has 0 atom stereocenters. The number of benzene rings is 3. The first-order chi connectivity index (χ1) is 16.7. The van der Waals surface area contributed by atoms with Crippen molar-refractivity contribution in [1.82, 2.24) is 9.78 Å². The van der Waals surface area contributed by atoms with Gasteiger partial charge in [-0.15, -0.1) is 0 Å². The highest BCUT2D eigenvalue weighted by Crippen LogP contribution is 2.39. The number of aromatic nitrogens is 2. The van der Waals surface area contributed by atoms with Crippen molar-refractivity contribution in [3.05, 3.63) is 114 Å². The summed E-state index contributed by atoms with van der Waals surface area (Å²) >= 11 is 0. The number of nitrogens with one attached hydrogen (secondary N) is 1. The number of hydrogen-bond donors (Lipinski definition) is 3. The van der Waals surface area contributed by atoms with Crippen LogP contribution in [0.1, 0.15) is 16.7 Å². The molecule has 3 aromatic carbocycles. The molecule has 178 valence electrons. The fourth-order valence-corrected chi connectivity index (χ4v) is 4.21. The van der Waals surface area contributed by atoms with Crippen molar-refractivity contribution in [2.75, 3.05) is 5.32 Å². The van der Waals surface area contributed by atoms with Crippen LogP contribution >= 0.6 is 7.60 Å². The number of halogens is 1. The minimum atomic E-state index is -4.16. The van der Waals surface area contributed by atoms with Gasteiger partial charge in [-0.25, -0.2) is 4.39 Å². The molecule has 4 aromatic rings. The zero-order valence-electron chi connectivity index (χ0n) is 18.6. The second-order valence-electron chi connectivity index (χ2n) is 7.97. The molecule has 0 saturated heterocycles. The second-order valence-corrected chi connectivity index (χ2v) is 9.61. The lowest BCUT2D eigenvalue weighted by atomic mass is 10.1. The van der Waals surface area contributed by atoms with Gasteiger partial charge in [-0.2, -0.15) is 5.10 Å². The van der Waals surface area contributed by atoms with Crippen LogP contribution in [0.2, 0.25) is 0 Å². The summed E-state index contributed by atoms with van der Waals surface area (Å²) < 4.78 is 26.3. The molecular weight excluding hydrogens is 468 g/mol. The van der Waals surface area contributed by atoms with Crippen LogP contribution in [0.3, 0.4) is 0 Å². The van der Waals surface area contributed by atoms with E-state index in [1.54, 1.807) is 47.2 Å². The van der Waals surface area contributed by atoms with Crippen LogP contribution in [-0.2, 0) is 22.1 Å². The lowest BCUT2D eigenvalue weighted by Crippen LogP contribution is -2.07. The van der Waals surface area contributed by atoms with Gasteiger partial charge < -0.3 is 15.1 Å². The van der Waals surface area contributed by atoms with E-state index in [0.717, 1.165) is 11.1 Å². The van der Waals surface area contributed by atoms with Gasteiger partial charge in [-0.1, -0.05) is 42.5 Å². The van der Waals surface area contributed by atoms with Crippen LogP contribution in [0.15, 0.2) is 91.1 Å². The van der Waals surface area contributed by atoms with E-state index in [1.165, 1.54) is 18.2 Å². The first-order valence-electron chi connectivity index (χ1n) is 10.7. The Morgan fingerprint density at radius 2 is 1.66 bits per heavy atom. The lowest BCUT2D eigenvalue weighted by molar-refractivity contribution is -0.111. The Bertz CT molecular complexity index is 1380. The predicted molar refractivity (Wildman–Crippen MR) is 133 cm³/mol. The topological polar surface area (TPSA) is 104 Å². The molecule has 4 rings (SSSR count). The molecule has 1 heterocycles. The van der Waals surface area contributed by atoms with Crippen molar-refractivity contribution >= 4 is 25.3 Å². The third-order valence-electron chi connectivity index (χ3n) is 5.12. The Hall–Kier alpha value is -3.84. The van der Waals surface area contributed by atoms with E-state index < -0.39 is 7.60 Å². The molecule has 0 radical (unpaired) electrons. The van der Waals surface area contributed by atoms with Gasteiger partial charge in [0, 0.05) is 29.1 Å². The molecule has 1 amide bonds. The Labute approximate surface area is 201 Å². The molecule has 0 aliphatic heterocycles. The molecule has 1 aromatic heterocycles. The summed E-state index contributed by atoms with van der Waals surface area (Å²) in [7, 11) is -4.16. The third kappa shape index (κ3) is 7.07. The van der Waals surface area contributed by atoms with Crippen molar-refractivity contribution in [3.63, 3.8) is 0 Å². The van der Waals surface area contributed by atoms with E-state index in [2.05, 4.69) is 10.4 Å². The van der Waals surface area contributed by atoms with Gasteiger partial charge >= 0.3 is 7.60 Å². The average molecular weight is 491 g/mol.